The molecule has 3 heterocycles. The van der Waals surface area contributed by atoms with Crippen molar-refractivity contribution in [2.75, 3.05) is 33.4 Å². The van der Waals surface area contributed by atoms with E-state index < -0.39 is 12.0 Å². The number of urea groups is 1. The molecule has 0 aromatic carbocycles. The van der Waals surface area contributed by atoms with E-state index in [1.54, 1.807) is 7.11 Å². The third-order valence-electron chi connectivity index (χ3n) is 8.78. The number of hydrogen-bond acceptors (Lipinski definition) is 8. The normalized spacial score (nSPS) is 34.2. The second kappa shape index (κ2) is 12.6. The number of ether oxygens (including phenoxy) is 4. The molecule has 4 rings (SSSR count). The van der Waals surface area contributed by atoms with E-state index in [0.29, 0.717) is 26.0 Å². The van der Waals surface area contributed by atoms with Gasteiger partial charge in [0.05, 0.1) is 37.0 Å². The first-order chi connectivity index (χ1) is 19.0. The van der Waals surface area contributed by atoms with Gasteiger partial charge in [0.15, 0.2) is 0 Å². The highest BCUT2D eigenvalue weighted by atomic mass is 16.6. The summed E-state index contributed by atoms with van der Waals surface area (Å²) in [6.07, 6.45) is 5.89. The van der Waals surface area contributed by atoms with Crippen LogP contribution in [0.1, 0.15) is 72.6 Å². The minimum absolute atomic E-state index is 0.00582. The quantitative estimate of drug-likeness (QED) is 0.160. The predicted octanol–water partition coefficient (Wildman–Crippen LogP) is 2.27. The standard InChI is InChI=1S/C29H45N3O8/c1-18(2)8-10-22-28(4,40-22)25-24(37-5)20(12-13-29(25)17-39-29)31-27(36)30-14-16-38-26(35)21-7-6-15-32(21)23(34)11-9-19(3)33/h8,20-22,24-25H,6-7,9-17H2,1-5H3,(H2,30,31,36)/t20-,21+,22-,24-,25-,28?,29+/m1/s1. The van der Waals surface area contributed by atoms with Crippen molar-refractivity contribution in [1.82, 2.24) is 15.5 Å². The zero-order chi connectivity index (χ0) is 29.1. The van der Waals surface area contributed by atoms with Gasteiger partial charge in [0.1, 0.15) is 24.0 Å². The summed E-state index contributed by atoms with van der Waals surface area (Å²) in [6, 6.07) is -1.22. The summed E-state index contributed by atoms with van der Waals surface area (Å²) < 4.78 is 23.5. The molecule has 3 saturated heterocycles. The molecule has 0 aromatic heterocycles. The number of epoxide rings is 2. The molecule has 7 atom stereocenters. The lowest BCUT2D eigenvalue weighted by Gasteiger charge is -2.43. The summed E-state index contributed by atoms with van der Waals surface area (Å²) in [5.74, 6) is -0.762. The average molecular weight is 564 g/mol. The third-order valence-corrected chi connectivity index (χ3v) is 8.78. The highest BCUT2D eigenvalue weighted by molar-refractivity contribution is 5.87. The van der Waals surface area contributed by atoms with Crippen LogP contribution in [0, 0.1) is 5.92 Å². The van der Waals surface area contributed by atoms with Crippen LogP contribution in [0.4, 0.5) is 4.79 Å². The number of ketones is 1. The Morgan fingerprint density at radius 3 is 2.52 bits per heavy atom. The van der Waals surface area contributed by atoms with Gasteiger partial charge in [-0.05, 0) is 59.8 Å². The highest BCUT2D eigenvalue weighted by Gasteiger charge is 2.71. The fraction of sp³-hybridized carbons (Fsp3) is 0.793. The van der Waals surface area contributed by atoms with Crippen LogP contribution in [0.25, 0.3) is 0 Å². The van der Waals surface area contributed by atoms with Crippen molar-refractivity contribution >= 4 is 23.7 Å². The molecule has 40 heavy (non-hydrogen) atoms. The van der Waals surface area contributed by atoms with Crippen LogP contribution < -0.4 is 10.6 Å². The number of carbonyl (C=O) groups is 4. The number of carbonyl (C=O) groups excluding carboxylic acids is 4. The number of allylic oxidation sites excluding steroid dienone is 1. The number of nitrogens with zero attached hydrogens (tertiary/aromatic N) is 1. The topological polar surface area (TPSA) is 139 Å². The first-order valence-corrected chi connectivity index (χ1v) is 14.5. The van der Waals surface area contributed by atoms with Gasteiger partial charge in [-0.1, -0.05) is 11.6 Å². The molecular weight excluding hydrogens is 518 g/mol. The maximum absolute atomic E-state index is 12.8. The number of methoxy groups -OCH3 is 1. The van der Waals surface area contributed by atoms with Crippen molar-refractivity contribution in [3.05, 3.63) is 11.6 Å². The number of Topliss-reactive ketones (excluding diaryl/α,β-unsaturated/α-hetero) is 1. The first-order valence-electron chi connectivity index (χ1n) is 14.5. The number of likely N-dealkylation sites (tertiary alicyclic amines) is 1. The molecule has 0 aromatic rings. The molecule has 1 unspecified atom stereocenters. The molecule has 3 amide bonds. The number of nitrogens with one attached hydrogen (secondary N) is 2. The van der Waals surface area contributed by atoms with E-state index in [2.05, 4.69) is 37.5 Å². The molecule has 1 spiro atoms. The van der Waals surface area contributed by atoms with E-state index in [4.69, 9.17) is 18.9 Å². The zero-order valence-electron chi connectivity index (χ0n) is 24.5. The molecule has 0 bridgehead atoms. The van der Waals surface area contributed by atoms with Gasteiger partial charge < -0.3 is 39.3 Å². The summed E-state index contributed by atoms with van der Waals surface area (Å²) >= 11 is 0. The van der Waals surface area contributed by atoms with Gasteiger partial charge >= 0.3 is 12.0 Å². The molecular formula is C29H45N3O8. The lowest BCUT2D eigenvalue weighted by molar-refractivity contribution is -0.153. The number of hydrogen-bond donors (Lipinski definition) is 2. The molecule has 11 nitrogen and oxygen atoms in total. The lowest BCUT2D eigenvalue weighted by atomic mass is 9.67. The highest BCUT2D eigenvalue weighted by Crippen LogP contribution is 2.59. The zero-order valence-corrected chi connectivity index (χ0v) is 24.5. The Balaban J connectivity index is 1.23. The summed E-state index contributed by atoms with van der Waals surface area (Å²) in [6.45, 7) is 9.00. The Kier molecular flexibility index (Phi) is 9.57. The first kappa shape index (κ1) is 30.5. The van der Waals surface area contributed by atoms with Crippen LogP contribution in [-0.4, -0.2) is 97.5 Å². The van der Waals surface area contributed by atoms with Gasteiger partial charge in [-0.15, -0.1) is 0 Å². The van der Waals surface area contributed by atoms with Gasteiger partial charge in [0.25, 0.3) is 0 Å². The van der Waals surface area contributed by atoms with Gasteiger partial charge in [-0.25, -0.2) is 9.59 Å². The molecule has 3 aliphatic heterocycles. The third kappa shape index (κ3) is 6.86. The van der Waals surface area contributed by atoms with E-state index in [9.17, 15) is 19.2 Å². The molecule has 0 radical (unpaired) electrons. The van der Waals surface area contributed by atoms with E-state index in [-0.39, 0.29) is 79.1 Å². The molecule has 4 aliphatic rings. The van der Waals surface area contributed by atoms with Crippen molar-refractivity contribution in [3.8, 4) is 0 Å². The Labute approximate surface area is 236 Å². The number of amides is 3. The molecule has 1 aliphatic carbocycles. The van der Waals surface area contributed by atoms with Crippen molar-refractivity contribution < 1.29 is 38.1 Å². The Hall–Kier alpha value is -2.50. The van der Waals surface area contributed by atoms with E-state index >= 15 is 0 Å². The summed E-state index contributed by atoms with van der Waals surface area (Å²) in [5, 5.41) is 5.81. The predicted molar refractivity (Wildman–Crippen MR) is 145 cm³/mol. The Morgan fingerprint density at radius 2 is 1.88 bits per heavy atom. The largest absolute Gasteiger partial charge is 0.462 e. The van der Waals surface area contributed by atoms with Crippen LogP contribution in [0.2, 0.25) is 0 Å². The molecule has 224 valence electrons. The summed E-state index contributed by atoms with van der Waals surface area (Å²) in [4.78, 5) is 50.5. The van der Waals surface area contributed by atoms with Crippen LogP contribution in [-0.2, 0) is 33.3 Å². The van der Waals surface area contributed by atoms with Gasteiger partial charge in [0.2, 0.25) is 5.91 Å². The van der Waals surface area contributed by atoms with Crippen molar-refractivity contribution in [3.63, 3.8) is 0 Å². The van der Waals surface area contributed by atoms with E-state index in [1.165, 1.54) is 17.4 Å². The monoisotopic (exact) mass is 563 g/mol. The maximum atomic E-state index is 12.8. The van der Waals surface area contributed by atoms with Gasteiger partial charge in [-0.2, -0.15) is 0 Å². The summed E-state index contributed by atoms with van der Waals surface area (Å²) in [7, 11) is 1.67. The van der Waals surface area contributed by atoms with Crippen LogP contribution in [0.3, 0.4) is 0 Å². The molecule has 2 N–H and O–H groups in total. The molecule has 1 saturated carbocycles. The lowest BCUT2D eigenvalue weighted by Crippen LogP contribution is -2.60. The Bertz CT molecular complexity index is 1010. The van der Waals surface area contributed by atoms with Gasteiger partial charge in [-0.3, -0.25) is 4.79 Å². The Morgan fingerprint density at radius 1 is 1.12 bits per heavy atom. The van der Waals surface area contributed by atoms with Crippen molar-refractivity contribution in [1.29, 1.82) is 0 Å². The second-order valence-corrected chi connectivity index (χ2v) is 12.0. The minimum atomic E-state index is -0.640. The molecule has 11 heteroatoms. The number of esters is 1. The second-order valence-electron chi connectivity index (χ2n) is 12.0. The number of rotatable bonds is 12. The van der Waals surface area contributed by atoms with Gasteiger partial charge in [0, 0.05) is 32.4 Å². The maximum Gasteiger partial charge on any atom is 0.328 e. The van der Waals surface area contributed by atoms with Crippen LogP contribution in [0.15, 0.2) is 11.6 Å². The summed E-state index contributed by atoms with van der Waals surface area (Å²) in [5.41, 5.74) is 0.609. The smallest absolute Gasteiger partial charge is 0.328 e. The minimum Gasteiger partial charge on any atom is -0.462 e. The van der Waals surface area contributed by atoms with Crippen molar-refractivity contribution in [2.24, 2.45) is 5.92 Å². The van der Waals surface area contributed by atoms with Crippen LogP contribution >= 0.6 is 0 Å². The molecule has 4 fully saturated rings. The van der Waals surface area contributed by atoms with Crippen LogP contribution in [0.5, 0.6) is 0 Å². The van der Waals surface area contributed by atoms with E-state index in [1.807, 2.05) is 0 Å². The van der Waals surface area contributed by atoms with Crippen molar-refractivity contribution in [2.45, 2.75) is 108 Å². The fourth-order valence-corrected chi connectivity index (χ4v) is 6.51. The average Bonchev–Trinajstić information content (AvgIpc) is 3.75. The fourth-order valence-electron chi connectivity index (χ4n) is 6.51. The SMILES string of the molecule is CO[C@H]1[C@H](C2(C)O[C@@H]2CC=C(C)C)[C@]2(CC[C@H]1NC(=O)NCCOC(=O)[C@@H]1CCCN1C(=O)CCC(C)=O)CO2. The van der Waals surface area contributed by atoms with E-state index in [0.717, 1.165) is 19.3 Å².